The SMILES string of the molecule is CC(C)CCNc1ccc(C2=NNCOC2)cc1C(F)(F)F. The van der Waals surface area contributed by atoms with E-state index in [9.17, 15) is 13.2 Å². The van der Waals surface area contributed by atoms with E-state index >= 15 is 0 Å². The minimum Gasteiger partial charge on any atom is -0.385 e. The van der Waals surface area contributed by atoms with Crippen LogP contribution < -0.4 is 10.7 Å². The quantitative estimate of drug-likeness (QED) is 0.875. The van der Waals surface area contributed by atoms with Crippen LogP contribution in [0, 0.1) is 5.92 Å². The van der Waals surface area contributed by atoms with Crippen molar-refractivity contribution >= 4 is 11.4 Å². The lowest BCUT2D eigenvalue weighted by Crippen LogP contribution is -2.26. The fraction of sp³-hybridized carbons (Fsp3) is 0.533. The van der Waals surface area contributed by atoms with Gasteiger partial charge in [0, 0.05) is 17.8 Å². The van der Waals surface area contributed by atoms with E-state index in [1.807, 2.05) is 13.8 Å². The van der Waals surface area contributed by atoms with Crippen molar-refractivity contribution in [2.45, 2.75) is 26.4 Å². The van der Waals surface area contributed by atoms with Gasteiger partial charge in [-0.15, -0.1) is 0 Å². The molecule has 0 bridgehead atoms. The molecule has 0 radical (unpaired) electrons. The Balaban J connectivity index is 2.24. The summed E-state index contributed by atoms with van der Waals surface area (Å²) in [4.78, 5) is 0. The predicted molar refractivity (Wildman–Crippen MR) is 79.9 cm³/mol. The van der Waals surface area contributed by atoms with Crippen molar-refractivity contribution in [2.24, 2.45) is 11.0 Å². The monoisotopic (exact) mass is 315 g/mol. The number of halogens is 3. The summed E-state index contributed by atoms with van der Waals surface area (Å²) in [6.45, 7) is 5.04. The van der Waals surface area contributed by atoms with Crippen molar-refractivity contribution in [3.05, 3.63) is 29.3 Å². The van der Waals surface area contributed by atoms with Crippen molar-refractivity contribution in [2.75, 3.05) is 25.2 Å². The molecule has 2 N–H and O–H groups in total. The van der Waals surface area contributed by atoms with Crippen LogP contribution in [0.15, 0.2) is 23.3 Å². The molecule has 4 nitrogen and oxygen atoms in total. The van der Waals surface area contributed by atoms with Crippen molar-refractivity contribution < 1.29 is 17.9 Å². The van der Waals surface area contributed by atoms with E-state index in [0.717, 1.165) is 12.5 Å². The minimum absolute atomic E-state index is 0.0992. The second-order valence-corrected chi connectivity index (χ2v) is 5.58. The first-order valence-corrected chi connectivity index (χ1v) is 7.20. The first kappa shape index (κ1) is 16.6. The highest BCUT2D eigenvalue weighted by Gasteiger charge is 2.34. The van der Waals surface area contributed by atoms with Crippen LogP contribution in [0.2, 0.25) is 0 Å². The Labute approximate surface area is 127 Å². The van der Waals surface area contributed by atoms with Crippen LogP contribution in [-0.4, -0.2) is 25.6 Å². The highest BCUT2D eigenvalue weighted by atomic mass is 19.4. The topological polar surface area (TPSA) is 45.7 Å². The van der Waals surface area contributed by atoms with Gasteiger partial charge in [-0.2, -0.15) is 18.3 Å². The Morgan fingerprint density at radius 1 is 1.36 bits per heavy atom. The average Bonchev–Trinajstić information content (AvgIpc) is 2.47. The summed E-state index contributed by atoms with van der Waals surface area (Å²) in [5.74, 6) is 0.431. The molecule has 22 heavy (non-hydrogen) atoms. The number of benzene rings is 1. The summed E-state index contributed by atoms with van der Waals surface area (Å²) >= 11 is 0. The minimum atomic E-state index is -4.42. The van der Waals surface area contributed by atoms with Crippen molar-refractivity contribution in [1.82, 2.24) is 5.43 Å². The molecular formula is C15H20F3N3O. The summed E-state index contributed by atoms with van der Waals surface area (Å²) in [7, 11) is 0. The van der Waals surface area contributed by atoms with Gasteiger partial charge < -0.3 is 10.1 Å². The normalized spacial score (nSPS) is 15.5. The molecule has 1 heterocycles. The Morgan fingerprint density at radius 3 is 2.73 bits per heavy atom. The Kier molecular flexibility index (Phi) is 5.28. The van der Waals surface area contributed by atoms with E-state index in [2.05, 4.69) is 15.8 Å². The molecule has 0 unspecified atom stereocenters. The van der Waals surface area contributed by atoms with Gasteiger partial charge in [-0.3, -0.25) is 5.43 Å². The van der Waals surface area contributed by atoms with Crippen molar-refractivity contribution in [1.29, 1.82) is 0 Å². The third kappa shape index (κ3) is 4.37. The third-order valence-corrected chi connectivity index (χ3v) is 3.31. The van der Waals surface area contributed by atoms with Gasteiger partial charge in [-0.1, -0.05) is 19.9 Å². The molecule has 0 atom stereocenters. The van der Waals surface area contributed by atoms with Gasteiger partial charge in [0.1, 0.15) is 6.73 Å². The standard InChI is InChI=1S/C15H20F3N3O/c1-10(2)5-6-19-13-4-3-11(7-12(13)15(16,17)18)14-8-22-9-20-21-14/h3-4,7,10,19-20H,5-6,8-9H2,1-2H3. The number of anilines is 1. The van der Waals surface area contributed by atoms with Crippen molar-refractivity contribution in [3.63, 3.8) is 0 Å². The van der Waals surface area contributed by atoms with Crippen LogP contribution in [0.25, 0.3) is 0 Å². The highest BCUT2D eigenvalue weighted by Crippen LogP contribution is 2.35. The predicted octanol–water partition coefficient (Wildman–Crippen LogP) is 3.44. The average molecular weight is 315 g/mol. The molecule has 122 valence electrons. The van der Waals surface area contributed by atoms with Crippen LogP contribution in [0.4, 0.5) is 18.9 Å². The zero-order valence-electron chi connectivity index (χ0n) is 12.6. The lowest BCUT2D eigenvalue weighted by Gasteiger charge is -2.18. The first-order chi connectivity index (χ1) is 10.4. The maximum Gasteiger partial charge on any atom is 0.418 e. The van der Waals surface area contributed by atoms with Gasteiger partial charge in [0.15, 0.2) is 0 Å². The molecule has 7 heteroatoms. The zero-order valence-corrected chi connectivity index (χ0v) is 12.6. The fourth-order valence-electron chi connectivity index (χ4n) is 2.11. The van der Waals surface area contributed by atoms with Crippen LogP contribution >= 0.6 is 0 Å². The number of hydrogen-bond donors (Lipinski definition) is 2. The van der Waals surface area contributed by atoms with E-state index < -0.39 is 11.7 Å². The molecule has 0 fully saturated rings. The molecule has 1 aromatic carbocycles. The Morgan fingerprint density at radius 2 is 2.14 bits per heavy atom. The molecule has 1 aromatic rings. The van der Waals surface area contributed by atoms with Gasteiger partial charge in [-0.25, -0.2) is 0 Å². The van der Waals surface area contributed by atoms with Crippen LogP contribution in [-0.2, 0) is 10.9 Å². The number of hydrazone groups is 1. The van der Waals surface area contributed by atoms with Gasteiger partial charge in [-0.05, 0) is 24.5 Å². The summed E-state index contributed by atoms with van der Waals surface area (Å²) in [6, 6.07) is 4.20. The Hall–Kier alpha value is -1.76. The highest BCUT2D eigenvalue weighted by molar-refractivity contribution is 6.02. The summed E-state index contributed by atoms with van der Waals surface area (Å²) in [5.41, 5.74) is 2.92. The maximum absolute atomic E-state index is 13.3. The first-order valence-electron chi connectivity index (χ1n) is 7.20. The van der Waals surface area contributed by atoms with Gasteiger partial charge in [0.2, 0.25) is 0 Å². The largest absolute Gasteiger partial charge is 0.418 e. The number of rotatable bonds is 5. The smallest absolute Gasteiger partial charge is 0.385 e. The van der Waals surface area contributed by atoms with E-state index in [1.165, 1.54) is 6.07 Å². The molecule has 0 aliphatic carbocycles. The van der Waals surface area contributed by atoms with Gasteiger partial charge >= 0.3 is 6.18 Å². The lowest BCUT2D eigenvalue weighted by atomic mass is 10.0. The number of hydrogen-bond acceptors (Lipinski definition) is 4. The number of nitrogens with one attached hydrogen (secondary N) is 2. The second kappa shape index (κ2) is 7.00. The summed E-state index contributed by atoms with van der Waals surface area (Å²) < 4.78 is 44.9. The summed E-state index contributed by atoms with van der Waals surface area (Å²) in [6.07, 6.45) is -3.61. The van der Waals surface area contributed by atoms with E-state index in [4.69, 9.17) is 4.74 Å². The van der Waals surface area contributed by atoms with E-state index in [0.29, 0.717) is 23.7 Å². The van der Waals surface area contributed by atoms with Gasteiger partial charge in [0.05, 0.1) is 17.9 Å². The van der Waals surface area contributed by atoms with E-state index in [-0.39, 0.29) is 19.0 Å². The molecule has 0 aromatic heterocycles. The fourth-order valence-corrected chi connectivity index (χ4v) is 2.11. The molecule has 0 spiro atoms. The maximum atomic E-state index is 13.3. The van der Waals surface area contributed by atoms with E-state index in [1.54, 1.807) is 6.07 Å². The number of nitrogens with zero attached hydrogens (tertiary/aromatic N) is 1. The Bertz CT molecular complexity index is 541. The zero-order chi connectivity index (χ0) is 16.2. The van der Waals surface area contributed by atoms with Crippen molar-refractivity contribution in [3.8, 4) is 0 Å². The van der Waals surface area contributed by atoms with Crippen LogP contribution in [0.5, 0.6) is 0 Å². The molecule has 1 aliphatic rings. The second-order valence-electron chi connectivity index (χ2n) is 5.58. The molecular weight excluding hydrogens is 295 g/mol. The molecule has 0 saturated carbocycles. The third-order valence-electron chi connectivity index (χ3n) is 3.31. The number of alkyl halides is 3. The molecule has 0 saturated heterocycles. The molecule has 2 rings (SSSR count). The summed E-state index contributed by atoms with van der Waals surface area (Å²) in [5, 5.41) is 6.87. The molecule has 0 amide bonds. The number of ether oxygens (including phenoxy) is 1. The lowest BCUT2D eigenvalue weighted by molar-refractivity contribution is -0.137. The van der Waals surface area contributed by atoms with Crippen LogP contribution in [0.3, 0.4) is 0 Å². The molecule has 1 aliphatic heterocycles. The van der Waals surface area contributed by atoms with Gasteiger partial charge in [0.25, 0.3) is 0 Å². The van der Waals surface area contributed by atoms with Crippen LogP contribution in [0.1, 0.15) is 31.4 Å².